The van der Waals surface area contributed by atoms with E-state index in [0.29, 0.717) is 24.3 Å². The minimum atomic E-state index is 0. The summed E-state index contributed by atoms with van der Waals surface area (Å²) in [5.74, 6) is 0.0539. The molecule has 2 N–H and O–H groups in total. The predicted molar refractivity (Wildman–Crippen MR) is 94.6 cm³/mol. The van der Waals surface area contributed by atoms with E-state index >= 15 is 0 Å². The number of likely N-dealkylation sites (N-methyl/N-ethyl adjacent to an activating group) is 1. The maximum Gasteiger partial charge on any atom is 0.254 e. The molecular formula is C18H23ClN2O. The zero-order valence-corrected chi connectivity index (χ0v) is 13.9. The summed E-state index contributed by atoms with van der Waals surface area (Å²) in [4.78, 5) is 14.5. The number of hydrogen-bond donors (Lipinski definition) is 1. The SMILES string of the molecule is CCN(CCc1ccccc1)C(=O)c1cc(N)ccc1C.Cl. The number of carbonyl (C=O) groups excluding carboxylic acids is 1. The van der Waals surface area contributed by atoms with Crippen LogP contribution in [0.3, 0.4) is 0 Å². The van der Waals surface area contributed by atoms with E-state index in [2.05, 4.69) is 12.1 Å². The summed E-state index contributed by atoms with van der Waals surface area (Å²) in [5.41, 5.74) is 9.34. The monoisotopic (exact) mass is 318 g/mol. The summed E-state index contributed by atoms with van der Waals surface area (Å²) in [7, 11) is 0. The summed E-state index contributed by atoms with van der Waals surface area (Å²) in [6, 6.07) is 15.7. The second-order valence-electron chi connectivity index (χ2n) is 5.19. The molecule has 1 amide bonds. The predicted octanol–water partition coefficient (Wildman–Crippen LogP) is 3.70. The minimum Gasteiger partial charge on any atom is -0.399 e. The standard InChI is InChI=1S/C18H22N2O.ClH/c1-3-20(12-11-15-7-5-4-6-8-15)18(21)17-13-16(19)10-9-14(17)2;/h4-10,13H,3,11-12,19H2,1-2H3;1H. The van der Waals surface area contributed by atoms with Gasteiger partial charge in [-0.15, -0.1) is 12.4 Å². The van der Waals surface area contributed by atoms with Crippen molar-refractivity contribution in [3.05, 3.63) is 65.2 Å². The van der Waals surface area contributed by atoms with Crippen LogP contribution >= 0.6 is 12.4 Å². The lowest BCUT2D eigenvalue weighted by Gasteiger charge is -2.22. The Morgan fingerprint density at radius 2 is 1.82 bits per heavy atom. The van der Waals surface area contributed by atoms with Crippen LogP contribution in [-0.4, -0.2) is 23.9 Å². The van der Waals surface area contributed by atoms with Crippen molar-refractivity contribution in [3.8, 4) is 0 Å². The van der Waals surface area contributed by atoms with Crippen LogP contribution in [-0.2, 0) is 6.42 Å². The molecule has 118 valence electrons. The van der Waals surface area contributed by atoms with Crippen LogP contribution in [0.4, 0.5) is 5.69 Å². The van der Waals surface area contributed by atoms with Crippen molar-refractivity contribution in [1.82, 2.24) is 4.90 Å². The first-order valence-electron chi connectivity index (χ1n) is 7.31. The lowest BCUT2D eigenvalue weighted by molar-refractivity contribution is 0.0765. The first-order chi connectivity index (χ1) is 10.1. The van der Waals surface area contributed by atoms with E-state index in [1.807, 2.05) is 49.1 Å². The molecule has 3 nitrogen and oxygen atoms in total. The van der Waals surface area contributed by atoms with Gasteiger partial charge in [-0.3, -0.25) is 4.79 Å². The normalized spacial score (nSPS) is 9.91. The summed E-state index contributed by atoms with van der Waals surface area (Å²) in [6.07, 6.45) is 0.863. The molecule has 2 rings (SSSR count). The Morgan fingerprint density at radius 1 is 1.14 bits per heavy atom. The highest BCUT2D eigenvalue weighted by Gasteiger charge is 2.16. The second-order valence-corrected chi connectivity index (χ2v) is 5.19. The number of nitrogens with two attached hydrogens (primary N) is 1. The fourth-order valence-corrected chi connectivity index (χ4v) is 2.35. The number of carbonyl (C=O) groups is 1. The van der Waals surface area contributed by atoms with Gasteiger partial charge in [0.1, 0.15) is 0 Å². The van der Waals surface area contributed by atoms with Gasteiger partial charge in [-0.1, -0.05) is 36.4 Å². The van der Waals surface area contributed by atoms with Crippen LogP contribution in [0.2, 0.25) is 0 Å². The van der Waals surface area contributed by atoms with E-state index in [9.17, 15) is 4.79 Å². The molecule has 0 aliphatic heterocycles. The largest absolute Gasteiger partial charge is 0.399 e. The molecule has 0 atom stereocenters. The molecule has 0 fully saturated rings. The van der Waals surface area contributed by atoms with E-state index in [1.54, 1.807) is 6.07 Å². The zero-order chi connectivity index (χ0) is 15.2. The Labute approximate surface area is 138 Å². The smallest absolute Gasteiger partial charge is 0.254 e. The van der Waals surface area contributed by atoms with E-state index in [4.69, 9.17) is 5.73 Å². The van der Waals surface area contributed by atoms with Gasteiger partial charge in [0.05, 0.1) is 0 Å². The molecule has 0 saturated heterocycles. The summed E-state index contributed by atoms with van der Waals surface area (Å²) >= 11 is 0. The highest BCUT2D eigenvalue weighted by atomic mass is 35.5. The first-order valence-corrected chi connectivity index (χ1v) is 7.31. The number of aryl methyl sites for hydroxylation is 1. The van der Waals surface area contributed by atoms with Gasteiger partial charge in [-0.25, -0.2) is 0 Å². The minimum absolute atomic E-state index is 0. The third-order valence-electron chi connectivity index (χ3n) is 3.67. The maximum atomic E-state index is 12.6. The number of nitrogen functional groups attached to an aromatic ring is 1. The number of hydrogen-bond acceptors (Lipinski definition) is 2. The van der Waals surface area contributed by atoms with Crippen LogP contribution in [0.5, 0.6) is 0 Å². The average molecular weight is 319 g/mol. The summed E-state index contributed by atoms with van der Waals surface area (Å²) < 4.78 is 0. The third-order valence-corrected chi connectivity index (χ3v) is 3.67. The molecule has 0 bridgehead atoms. The first kappa shape index (κ1) is 18.1. The van der Waals surface area contributed by atoms with Crippen LogP contribution in [0, 0.1) is 6.92 Å². The zero-order valence-electron chi connectivity index (χ0n) is 13.1. The quantitative estimate of drug-likeness (QED) is 0.854. The molecule has 22 heavy (non-hydrogen) atoms. The van der Waals surface area contributed by atoms with Crippen LogP contribution in [0.15, 0.2) is 48.5 Å². The van der Waals surface area contributed by atoms with Crippen LogP contribution in [0.25, 0.3) is 0 Å². The number of halogens is 1. The number of nitrogens with zero attached hydrogens (tertiary/aromatic N) is 1. The fraction of sp³-hybridized carbons (Fsp3) is 0.278. The molecule has 0 spiro atoms. The highest BCUT2D eigenvalue weighted by Crippen LogP contribution is 2.15. The van der Waals surface area contributed by atoms with Gasteiger partial charge < -0.3 is 10.6 Å². The van der Waals surface area contributed by atoms with E-state index in [1.165, 1.54) is 5.56 Å². The molecule has 0 unspecified atom stereocenters. The Bertz CT molecular complexity index is 614. The van der Waals surface area contributed by atoms with Crippen molar-refractivity contribution < 1.29 is 4.79 Å². The van der Waals surface area contributed by atoms with E-state index < -0.39 is 0 Å². The molecule has 0 aromatic heterocycles. The number of benzene rings is 2. The van der Waals surface area contributed by atoms with E-state index in [-0.39, 0.29) is 18.3 Å². The molecule has 4 heteroatoms. The van der Waals surface area contributed by atoms with Crippen molar-refractivity contribution >= 4 is 24.0 Å². The molecule has 0 saturated carbocycles. The Morgan fingerprint density at radius 3 is 2.45 bits per heavy atom. The van der Waals surface area contributed by atoms with Crippen LogP contribution in [0.1, 0.15) is 28.4 Å². The molecular weight excluding hydrogens is 296 g/mol. The molecule has 0 radical (unpaired) electrons. The molecule has 0 aliphatic rings. The van der Waals surface area contributed by atoms with Gasteiger partial charge in [0.2, 0.25) is 0 Å². The van der Waals surface area contributed by atoms with Crippen LogP contribution < -0.4 is 5.73 Å². The Hall–Kier alpha value is -2.00. The van der Waals surface area contributed by atoms with Gasteiger partial charge in [0.25, 0.3) is 5.91 Å². The topological polar surface area (TPSA) is 46.3 Å². The van der Waals surface area contributed by atoms with Gasteiger partial charge in [-0.2, -0.15) is 0 Å². The van der Waals surface area contributed by atoms with Crippen molar-refractivity contribution in [2.45, 2.75) is 20.3 Å². The second kappa shape index (κ2) is 8.44. The number of amides is 1. The van der Waals surface area contributed by atoms with Crippen molar-refractivity contribution in [1.29, 1.82) is 0 Å². The Kier molecular flexibility index (Phi) is 6.93. The molecule has 0 aliphatic carbocycles. The van der Waals surface area contributed by atoms with Gasteiger partial charge in [0.15, 0.2) is 0 Å². The van der Waals surface area contributed by atoms with Gasteiger partial charge in [-0.05, 0) is 43.5 Å². The average Bonchev–Trinajstić information content (AvgIpc) is 2.51. The third kappa shape index (κ3) is 4.50. The molecule has 2 aromatic rings. The Balaban J connectivity index is 0.00000242. The lowest BCUT2D eigenvalue weighted by Crippen LogP contribution is -2.33. The van der Waals surface area contributed by atoms with Crippen molar-refractivity contribution in [3.63, 3.8) is 0 Å². The molecule has 2 aromatic carbocycles. The summed E-state index contributed by atoms with van der Waals surface area (Å²) in [5, 5.41) is 0. The fourth-order valence-electron chi connectivity index (χ4n) is 2.35. The maximum absolute atomic E-state index is 12.6. The summed E-state index contributed by atoms with van der Waals surface area (Å²) in [6.45, 7) is 5.36. The van der Waals surface area contributed by atoms with Gasteiger partial charge in [0, 0.05) is 24.3 Å². The van der Waals surface area contributed by atoms with E-state index in [0.717, 1.165) is 12.0 Å². The van der Waals surface area contributed by atoms with Crippen molar-refractivity contribution in [2.24, 2.45) is 0 Å². The highest BCUT2D eigenvalue weighted by molar-refractivity contribution is 5.96. The molecule has 0 heterocycles. The number of rotatable bonds is 5. The van der Waals surface area contributed by atoms with Gasteiger partial charge >= 0.3 is 0 Å². The number of anilines is 1. The lowest BCUT2D eigenvalue weighted by atomic mass is 10.1. The van der Waals surface area contributed by atoms with Crippen molar-refractivity contribution in [2.75, 3.05) is 18.8 Å².